The third kappa shape index (κ3) is 3.93. The summed E-state index contributed by atoms with van der Waals surface area (Å²) >= 11 is 0. The minimum Gasteiger partial charge on any atom is -0.378 e. The Bertz CT molecular complexity index is 288. The maximum absolute atomic E-state index is 12.2. The fourth-order valence-corrected chi connectivity index (χ4v) is 3.41. The van der Waals surface area contributed by atoms with Crippen molar-refractivity contribution in [1.82, 2.24) is 5.32 Å². The van der Waals surface area contributed by atoms with Crippen LogP contribution < -0.4 is 11.1 Å². The minimum atomic E-state index is 0.213. The van der Waals surface area contributed by atoms with Crippen LogP contribution in [0.3, 0.4) is 0 Å². The molecule has 2 fully saturated rings. The van der Waals surface area contributed by atoms with Crippen molar-refractivity contribution >= 4 is 5.91 Å². The molecular weight excluding hydrogens is 240 g/mol. The third-order valence-electron chi connectivity index (χ3n) is 4.84. The zero-order valence-electron chi connectivity index (χ0n) is 12.1. The summed E-state index contributed by atoms with van der Waals surface area (Å²) in [6.07, 6.45) is 6.70. The van der Waals surface area contributed by atoms with Crippen LogP contribution >= 0.6 is 0 Å². The molecule has 2 unspecified atom stereocenters. The van der Waals surface area contributed by atoms with E-state index in [0.29, 0.717) is 17.9 Å². The molecule has 1 aliphatic carbocycles. The molecule has 0 spiro atoms. The van der Waals surface area contributed by atoms with Gasteiger partial charge in [0.25, 0.3) is 0 Å². The van der Waals surface area contributed by atoms with Gasteiger partial charge in [-0.15, -0.1) is 0 Å². The summed E-state index contributed by atoms with van der Waals surface area (Å²) in [6.45, 7) is 4.56. The number of amides is 1. The van der Waals surface area contributed by atoms with Crippen LogP contribution in [-0.2, 0) is 9.53 Å². The van der Waals surface area contributed by atoms with Gasteiger partial charge in [0, 0.05) is 25.0 Å². The van der Waals surface area contributed by atoms with E-state index in [0.717, 1.165) is 58.2 Å². The topological polar surface area (TPSA) is 64.3 Å². The molecule has 0 aromatic rings. The first kappa shape index (κ1) is 14.8. The lowest BCUT2D eigenvalue weighted by atomic mass is 9.81. The number of carbonyl (C=O) groups is 1. The molecule has 110 valence electrons. The molecule has 1 saturated heterocycles. The summed E-state index contributed by atoms with van der Waals surface area (Å²) in [4.78, 5) is 12.2. The Morgan fingerprint density at radius 1 is 1.26 bits per heavy atom. The lowest BCUT2D eigenvalue weighted by Gasteiger charge is -2.27. The van der Waals surface area contributed by atoms with Gasteiger partial charge in [0.1, 0.15) is 0 Å². The van der Waals surface area contributed by atoms with Crippen molar-refractivity contribution in [1.29, 1.82) is 0 Å². The van der Waals surface area contributed by atoms with Crippen LogP contribution in [0, 0.1) is 17.8 Å². The van der Waals surface area contributed by atoms with Crippen LogP contribution in [0.5, 0.6) is 0 Å². The SMILES string of the molecule is CCC1OCCC1CNC(=O)C1CCC(CN)CC1. The van der Waals surface area contributed by atoms with Gasteiger partial charge < -0.3 is 15.8 Å². The van der Waals surface area contributed by atoms with Gasteiger partial charge in [0.2, 0.25) is 5.91 Å². The van der Waals surface area contributed by atoms with Crippen molar-refractivity contribution in [3.05, 3.63) is 0 Å². The van der Waals surface area contributed by atoms with E-state index in [9.17, 15) is 4.79 Å². The van der Waals surface area contributed by atoms with Crippen molar-refractivity contribution in [2.75, 3.05) is 19.7 Å². The summed E-state index contributed by atoms with van der Waals surface area (Å²) in [5, 5.41) is 3.14. The Morgan fingerprint density at radius 3 is 2.63 bits per heavy atom. The average molecular weight is 268 g/mol. The average Bonchev–Trinajstić information content (AvgIpc) is 2.92. The van der Waals surface area contributed by atoms with Crippen LogP contribution in [0.1, 0.15) is 45.4 Å². The van der Waals surface area contributed by atoms with Crippen LogP contribution in [0.2, 0.25) is 0 Å². The molecule has 1 heterocycles. The van der Waals surface area contributed by atoms with Crippen molar-refractivity contribution in [3.8, 4) is 0 Å². The molecule has 0 aromatic carbocycles. The fourth-order valence-electron chi connectivity index (χ4n) is 3.41. The van der Waals surface area contributed by atoms with Crippen molar-refractivity contribution in [3.63, 3.8) is 0 Å². The Kier molecular flexibility index (Phi) is 5.64. The molecule has 1 saturated carbocycles. The first-order valence-corrected chi connectivity index (χ1v) is 7.84. The fraction of sp³-hybridized carbons (Fsp3) is 0.933. The van der Waals surface area contributed by atoms with Gasteiger partial charge in [0.05, 0.1) is 6.10 Å². The normalized spacial score (nSPS) is 35.3. The molecule has 1 aliphatic heterocycles. The van der Waals surface area contributed by atoms with Gasteiger partial charge in [0.15, 0.2) is 0 Å². The van der Waals surface area contributed by atoms with E-state index in [4.69, 9.17) is 10.5 Å². The maximum atomic E-state index is 12.2. The molecule has 2 aliphatic rings. The number of hydrogen-bond acceptors (Lipinski definition) is 3. The predicted molar refractivity (Wildman–Crippen MR) is 75.7 cm³/mol. The van der Waals surface area contributed by atoms with Gasteiger partial charge in [-0.2, -0.15) is 0 Å². The second-order valence-electron chi connectivity index (χ2n) is 6.06. The van der Waals surface area contributed by atoms with Gasteiger partial charge in [-0.1, -0.05) is 6.92 Å². The highest BCUT2D eigenvalue weighted by molar-refractivity contribution is 5.78. The molecule has 2 rings (SSSR count). The Morgan fingerprint density at radius 2 is 2.00 bits per heavy atom. The van der Waals surface area contributed by atoms with Crippen LogP contribution in [-0.4, -0.2) is 31.7 Å². The van der Waals surface area contributed by atoms with E-state index in [1.54, 1.807) is 0 Å². The van der Waals surface area contributed by atoms with Crippen molar-refractivity contribution in [2.24, 2.45) is 23.5 Å². The molecule has 4 nitrogen and oxygen atoms in total. The highest BCUT2D eigenvalue weighted by atomic mass is 16.5. The monoisotopic (exact) mass is 268 g/mol. The summed E-state index contributed by atoms with van der Waals surface area (Å²) in [5.74, 6) is 1.61. The maximum Gasteiger partial charge on any atom is 0.223 e. The highest BCUT2D eigenvalue weighted by Gasteiger charge is 2.29. The first-order valence-electron chi connectivity index (χ1n) is 7.84. The molecule has 2 atom stereocenters. The first-order chi connectivity index (χ1) is 9.24. The second-order valence-corrected chi connectivity index (χ2v) is 6.06. The molecule has 0 radical (unpaired) electrons. The lowest BCUT2D eigenvalue weighted by Crippen LogP contribution is -2.38. The molecule has 4 heteroatoms. The number of carbonyl (C=O) groups excluding carboxylic acids is 1. The molecule has 1 amide bonds. The molecule has 19 heavy (non-hydrogen) atoms. The quantitative estimate of drug-likeness (QED) is 0.797. The minimum absolute atomic E-state index is 0.213. The number of nitrogens with two attached hydrogens (primary N) is 1. The van der Waals surface area contributed by atoms with Gasteiger partial charge >= 0.3 is 0 Å². The van der Waals surface area contributed by atoms with Crippen LogP contribution in [0.25, 0.3) is 0 Å². The Hall–Kier alpha value is -0.610. The summed E-state index contributed by atoms with van der Waals surface area (Å²) < 4.78 is 5.66. The van der Waals surface area contributed by atoms with E-state index < -0.39 is 0 Å². The molecular formula is C15H28N2O2. The van der Waals surface area contributed by atoms with Crippen LogP contribution in [0.4, 0.5) is 0 Å². The Labute approximate surface area is 116 Å². The zero-order chi connectivity index (χ0) is 13.7. The predicted octanol–water partition coefficient (Wildman–Crippen LogP) is 1.68. The van der Waals surface area contributed by atoms with E-state index in [1.165, 1.54) is 0 Å². The number of nitrogens with one attached hydrogen (secondary N) is 1. The Balaban J connectivity index is 1.70. The van der Waals surface area contributed by atoms with E-state index >= 15 is 0 Å². The highest BCUT2D eigenvalue weighted by Crippen LogP contribution is 2.28. The smallest absolute Gasteiger partial charge is 0.223 e. The summed E-state index contributed by atoms with van der Waals surface area (Å²) in [6, 6.07) is 0. The number of hydrogen-bond donors (Lipinski definition) is 2. The van der Waals surface area contributed by atoms with Gasteiger partial charge in [-0.05, 0) is 51.0 Å². The second kappa shape index (κ2) is 7.25. The standard InChI is InChI=1S/C15H28N2O2/c1-2-14-13(7-8-19-14)10-17-15(18)12-5-3-11(9-16)4-6-12/h11-14H,2-10,16H2,1H3,(H,17,18). The lowest BCUT2D eigenvalue weighted by molar-refractivity contribution is -0.126. The molecule has 0 aromatic heterocycles. The summed E-state index contributed by atoms with van der Waals surface area (Å²) in [7, 11) is 0. The zero-order valence-corrected chi connectivity index (χ0v) is 12.1. The van der Waals surface area contributed by atoms with E-state index in [2.05, 4.69) is 12.2 Å². The van der Waals surface area contributed by atoms with Crippen molar-refractivity contribution < 1.29 is 9.53 Å². The number of ether oxygens (including phenoxy) is 1. The number of rotatable bonds is 5. The van der Waals surface area contributed by atoms with Crippen LogP contribution in [0.15, 0.2) is 0 Å². The third-order valence-corrected chi connectivity index (χ3v) is 4.84. The van der Waals surface area contributed by atoms with E-state index in [-0.39, 0.29) is 11.8 Å². The van der Waals surface area contributed by atoms with Crippen molar-refractivity contribution in [2.45, 2.75) is 51.6 Å². The van der Waals surface area contributed by atoms with Gasteiger partial charge in [-0.3, -0.25) is 4.79 Å². The molecule has 0 bridgehead atoms. The molecule has 3 N–H and O–H groups in total. The van der Waals surface area contributed by atoms with E-state index in [1.807, 2.05) is 0 Å². The van der Waals surface area contributed by atoms with Gasteiger partial charge in [-0.25, -0.2) is 0 Å². The summed E-state index contributed by atoms with van der Waals surface area (Å²) in [5.41, 5.74) is 5.68. The largest absolute Gasteiger partial charge is 0.378 e.